The molecule has 0 amide bonds. The number of hydrogen-bond donors (Lipinski definition) is 2. The molecular weight excluding hydrogens is 293 g/mol. The zero-order valence-corrected chi connectivity index (χ0v) is 10.2. The summed E-state index contributed by atoms with van der Waals surface area (Å²) < 4.78 is 63.2. The van der Waals surface area contributed by atoms with Crippen LogP contribution in [0.3, 0.4) is 0 Å². The Bertz CT molecular complexity index is 556. The minimum Gasteiger partial charge on any atom is -0.481 e. The molecule has 0 unspecified atom stereocenters. The summed E-state index contributed by atoms with van der Waals surface area (Å²) in [5.41, 5.74) is 0.188. The molecular formula is C10H10F5NO2S. The Morgan fingerprint density at radius 1 is 1.26 bits per heavy atom. The van der Waals surface area contributed by atoms with E-state index in [9.17, 15) is 24.2 Å². The molecule has 19 heavy (non-hydrogen) atoms. The number of rotatable bonds is 2. The summed E-state index contributed by atoms with van der Waals surface area (Å²) in [6.07, 6.45) is -0.209. The molecule has 108 valence electrons. The second-order valence-corrected chi connectivity index (χ2v) is 6.82. The molecule has 1 atom stereocenters. The van der Waals surface area contributed by atoms with Gasteiger partial charge in [0.15, 0.2) is 0 Å². The highest BCUT2D eigenvalue weighted by Gasteiger charge is 2.65. The minimum atomic E-state index is -9.72. The SMILES string of the molecule is O=C(O)[C@H]1CNc2ccc(S(F)(F)(F)(F)F)cc2C1. The third-order valence-electron chi connectivity index (χ3n) is 2.88. The van der Waals surface area contributed by atoms with Gasteiger partial charge in [0.1, 0.15) is 4.90 Å². The Hall–Kier alpha value is -1.51. The van der Waals surface area contributed by atoms with Crippen molar-refractivity contribution >= 4 is 21.9 Å². The molecule has 1 heterocycles. The Labute approximate surface area is 105 Å². The van der Waals surface area contributed by atoms with Crippen molar-refractivity contribution in [1.29, 1.82) is 0 Å². The van der Waals surface area contributed by atoms with Crippen LogP contribution in [-0.2, 0) is 11.2 Å². The number of fused-ring (bicyclic) bond motifs is 1. The van der Waals surface area contributed by atoms with Gasteiger partial charge in [0.2, 0.25) is 0 Å². The summed E-state index contributed by atoms with van der Waals surface area (Å²) in [7, 11) is -9.72. The topological polar surface area (TPSA) is 49.3 Å². The van der Waals surface area contributed by atoms with Crippen molar-refractivity contribution in [3.63, 3.8) is 0 Å². The quantitative estimate of drug-likeness (QED) is 0.812. The van der Waals surface area contributed by atoms with Crippen LogP contribution in [0.5, 0.6) is 0 Å². The van der Waals surface area contributed by atoms with E-state index >= 15 is 0 Å². The van der Waals surface area contributed by atoms with Crippen LogP contribution in [0.1, 0.15) is 5.56 Å². The zero-order chi connectivity index (χ0) is 14.5. The first kappa shape index (κ1) is 13.9. The highest BCUT2D eigenvalue weighted by atomic mass is 32.5. The van der Waals surface area contributed by atoms with E-state index < -0.39 is 27.0 Å². The largest absolute Gasteiger partial charge is 0.481 e. The second kappa shape index (κ2) is 3.33. The number of aliphatic carboxylic acids is 1. The predicted octanol–water partition coefficient (Wildman–Crippen LogP) is 4.01. The van der Waals surface area contributed by atoms with Gasteiger partial charge >= 0.3 is 16.2 Å². The van der Waals surface area contributed by atoms with E-state index in [-0.39, 0.29) is 24.2 Å². The lowest BCUT2D eigenvalue weighted by Crippen LogP contribution is -2.29. The number of anilines is 1. The van der Waals surface area contributed by atoms with Gasteiger partial charge in [-0.3, -0.25) is 4.79 Å². The monoisotopic (exact) mass is 303 g/mol. The van der Waals surface area contributed by atoms with E-state index in [1.807, 2.05) is 0 Å². The van der Waals surface area contributed by atoms with Crippen molar-refractivity contribution in [2.45, 2.75) is 11.3 Å². The van der Waals surface area contributed by atoms with Crippen LogP contribution in [0.15, 0.2) is 23.1 Å². The van der Waals surface area contributed by atoms with Crippen LogP contribution in [0.4, 0.5) is 25.1 Å². The standard InChI is InChI=1S/C10H10F5NO2S/c11-19(12,13,14,15)8-1-2-9-6(4-8)3-7(5-16-9)10(17)18/h1-2,4,7,16H,3,5H2,(H,17,18)/t7-/m1/s1. The molecule has 1 aromatic rings. The molecule has 0 spiro atoms. The molecule has 0 aliphatic carbocycles. The first-order valence-corrected chi connectivity index (χ1v) is 7.15. The van der Waals surface area contributed by atoms with E-state index in [0.717, 1.165) is 6.07 Å². The summed E-state index contributed by atoms with van der Waals surface area (Å²) in [4.78, 5) is 8.78. The number of carboxylic acid groups (broad SMARTS) is 1. The third kappa shape index (κ3) is 2.91. The highest BCUT2D eigenvalue weighted by Crippen LogP contribution is 3.02. The van der Waals surface area contributed by atoms with Gasteiger partial charge in [0.25, 0.3) is 0 Å². The molecule has 2 rings (SSSR count). The highest BCUT2D eigenvalue weighted by molar-refractivity contribution is 8.45. The average molecular weight is 303 g/mol. The molecule has 1 aliphatic rings. The van der Waals surface area contributed by atoms with E-state index in [1.54, 1.807) is 0 Å². The molecule has 0 saturated carbocycles. The number of hydrogen-bond acceptors (Lipinski definition) is 2. The fraction of sp³-hybridized carbons (Fsp3) is 0.300. The normalized spacial score (nSPS) is 22.7. The lowest BCUT2D eigenvalue weighted by molar-refractivity contribution is -0.141. The molecule has 0 saturated heterocycles. The molecule has 3 nitrogen and oxygen atoms in total. The van der Waals surface area contributed by atoms with Crippen molar-refractivity contribution in [1.82, 2.24) is 0 Å². The third-order valence-corrected chi connectivity index (χ3v) is 4.02. The first-order valence-electron chi connectivity index (χ1n) is 5.20. The van der Waals surface area contributed by atoms with E-state index in [4.69, 9.17) is 5.11 Å². The van der Waals surface area contributed by atoms with Crippen LogP contribution in [0, 0.1) is 5.92 Å². The molecule has 9 heteroatoms. The first-order chi connectivity index (χ1) is 8.36. The van der Waals surface area contributed by atoms with Crippen molar-refractivity contribution in [2.24, 2.45) is 5.92 Å². The summed E-state index contributed by atoms with van der Waals surface area (Å²) >= 11 is 0. The minimum absolute atomic E-state index is 0.0537. The molecule has 0 radical (unpaired) electrons. The maximum atomic E-state index is 12.6. The lowest BCUT2D eigenvalue weighted by Gasteiger charge is -2.41. The molecule has 0 bridgehead atoms. The molecule has 1 aliphatic heterocycles. The second-order valence-electron chi connectivity index (χ2n) is 4.41. The molecule has 2 N–H and O–H groups in total. The predicted molar refractivity (Wildman–Crippen MR) is 61.2 cm³/mol. The molecule has 0 fully saturated rings. The maximum Gasteiger partial charge on any atom is 0.310 e. The van der Waals surface area contributed by atoms with E-state index in [2.05, 4.69) is 5.32 Å². The van der Waals surface area contributed by atoms with Crippen LogP contribution >= 0.6 is 10.2 Å². The van der Waals surface area contributed by atoms with Gasteiger partial charge < -0.3 is 10.4 Å². The smallest absolute Gasteiger partial charge is 0.310 e. The van der Waals surface area contributed by atoms with Crippen molar-refractivity contribution in [3.8, 4) is 0 Å². The van der Waals surface area contributed by atoms with Gasteiger partial charge in [0, 0.05) is 12.2 Å². The van der Waals surface area contributed by atoms with Gasteiger partial charge in [-0.25, -0.2) is 0 Å². The summed E-state index contributed by atoms with van der Waals surface area (Å²) in [6.45, 7) is 0.0537. The number of halogens is 5. The Morgan fingerprint density at radius 3 is 2.42 bits per heavy atom. The van der Waals surface area contributed by atoms with Crippen LogP contribution in [-0.4, -0.2) is 17.6 Å². The fourth-order valence-corrected chi connectivity index (χ4v) is 2.59. The zero-order valence-electron chi connectivity index (χ0n) is 9.38. The van der Waals surface area contributed by atoms with Gasteiger partial charge in [-0.05, 0) is 30.2 Å². The summed E-state index contributed by atoms with van der Waals surface area (Å²) in [6, 6.07) is 1.55. The summed E-state index contributed by atoms with van der Waals surface area (Å²) in [5, 5.41) is 11.4. The lowest BCUT2D eigenvalue weighted by atomic mass is 9.94. The van der Waals surface area contributed by atoms with Gasteiger partial charge in [-0.15, -0.1) is 0 Å². The Kier molecular flexibility index (Phi) is 2.44. The van der Waals surface area contributed by atoms with Gasteiger partial charge in [0.05, 0.1) is 5.92 Å². The average Bonchev–Trinajstić information content (AvgIpc) is 2.24. The number of carbonyl (C=O) groups is 1. The van der Waals surface area contributed by atoms with Crippen molar-refractivity contribution in [3.05, 3.63) is 23.8 Å². The Balaban J connectivity index is 2.46. The number of benzene rings is 1. The Morgan fingerprint density at radius 2 is 1.89 bits per heavy atom. The number of carboxylic acids is 1. The number of nitrogens with one attached hydrogen (secondary N) is 1. The van der Waals surface area contributed by atoms with Crippen molar-refractivity contribution < 1.29 is 29.3 Å². The van der Waals surface area contributed by atoms with Gasteiger partial charge in [-0.2, -0.15) is 0 Å². The van der Waals surface area contributed by atoms with E-state index in [1.165, 1.54) is 0 Å². The van der Waals surface area contributed by atoms with Crippen LogP contribution in [0.2, 0.25) is 0 Å². The van der Waals surface area contributed by atoms with Gasteiger partial charge in [-0.1, -0.05) is 19.4 Å². The van der Waals surface area contributed by atoms with Crippen molar-refractivity contribution in [2.75, 3.05) is 11.9 Å². The fourth-order valence-electron chi connectivity index (χ4n) is 1.90. The molecule has 0 aromatic heterocycles. The van der Waals surface area contributed by atoms with Crippen LogP contribution in [0.25, 0.3) is 0 Å². The summed E-state index contributed by atoms with van der Waals surface area (Å²) in [5.74, 6) is -2.11. The van der Waals surface area contributed by atoms with Crippen LogP contribution < -0.4 is 5.32 Å². The maximum absolute atomic E-state index is 12.6. The molecule has 1 aromatic carbocycles. The van der Waals surface area contributed by atoms with E-state index in [0.29, 0.717) is 12.1 Å².